The van der Waals surface area contributed by atoms with Crippen LogP contribution in [0, 0.1) is 5.92 Å². The van der Waals surface area contributed by atoms with Crippen molar-refractivity contribution in [3.8, 4) is 0 Å². The van der Waals surface area contributed by atoms with E-state index in [2.05, 4.69) is 17.2 Å². The van der Waals surface area contributed by atoms with E-state index in [-0.39, 0.29) is 11.7 Å². The zero-order valence-electron chi connectivity index (χ0n) is 10.8. The number of aromatic nitrogens is 1. The lowest BCUT2D eigenvalue weighted by atomic mass is 10.2. The predicted octanol–water partition coefficient (Wildman–Crippen LogP) is 1.44. The van der Waals surface area contributed by atoms with Crippen LogP contribution in [0.25, 0.3) is 0 Å². The zero-order chi connectivity index (χ0) is 13.8. The second-order valence-electron chi connectivity index (χ2n) is 4.75. The molecule has 2 amide bonds. The van der Waals surface area contributed by atoms with Gasteiger partial charge in [0.25, 0.3) is 0 Å². The van der Waals surface area contributed by atoms with Crippen LogP contribution in [-0.4, -0.2) is 46.6 Å². The molecule has 1 aromatic heterocycles. The van der Waals surface area contributed by atoms with E-state index >= 15 is 0 Å². The number of carboxylic acid groups (broad SMARTS) is 1. The van der Waals surface area contributed by atoms with Crippen molar-refractivity contribution in [3.63, 3.8) is 0 Å². The van der Waals surface area contributed by atoms with Gasteiger partial charge in [-0.05, 0) is 12.3 Å². The summed E-state index contributed by atoms with van der Waals surface area (Å²) in [6, 6.07) is -0.0423. The van der Waals surface area contributed by atoms with E-state index < -0.39 is 5.97 Å². The highest BCUT2D eigenvalue weighted by molar-refractivity contribution is 7.09. The minimum absolute atomic E-state index is 0.0423. The molecular formula is C12H17N3O3S. The van der Waals surface area contributed by atoms with Crippen LogP contribution in [0.2, 0.25) is 0 Å². The molecule has 1 atom stereocenters. The number of thiazole rings is 1. The van der Waals surface area contributed by atoms with Gasteiger partial charge in [0, 0.05) is 31.4 Å². The van der Waals surface area contributed by atoms with Gasteiger partial charge in [0.15, 0.2) is 5.69 Å². The molecule has 2 heterocycles. The smallest absolute Gasteiger partial charge is 0.355 e. The van der Waals surface area contributed by atoms with Crippen LogP contribution in [0.3, 0.4) is 0 Å². The summed E-state index contributed by atoms with van der Waals surface area (Å²) in [4.78, 5) is 28.3. The van der Waals surface area contributed by atoms with E-state index in [1.807, 2.05) is 4.90 Å². The number of hydrogen-bond acceptors (Lipinski definition) is 4. The van der Waals surface area contributed by atoms with Gasteiger partial charge in [0.2, 0.25) is 0 Å². The molecule has 6 nitrogen and oxygen atoms in total. The Morgan fingerprint density at radius 2 is 2.42 bits per heavy atom. The predicted molar refractivity (Wildman–Crippen MR) is 71.5 cm³/mol. The number of carbonyl (C=O) groups excluding carboxylic acids is 1. The summed E-state index contributed by atoms with van der Waals surface area (Å²) in [6.45, 7) is 4.24. The first-order chi connectivity index (χ1) is 9.06. The Bertz CT molecular complexity index is 475. The Morgan fingerprint density at radius 3 is 3.00 bits per heavy atom. The first-order valence-electron chi connectivity index (χ1n) is 6.26. The van der Waals surface area contributed by atoms with Crippen LogP contribution in [0.1, 0.15) is 28.8 Å². The number of hydrogen-bond donors (Lipinski definition) is 2. The summed E-state index contributed by atoms with van der Waals surface area (Å²) in [5.74, 6) is -0.444. The molecule has 0 bridgehead atoms. The number of urea groups is 1. The largest absolute Gasteiger partial charge is 0.476 e. The number of amides is 2. The highest BCUT2D eigenvalue weighted by Gasteiger charge is 2.22. The average molecular weight is 283 g/mol. The number of aromatic carboxylic acids is 1. The molecule has 0 aliphatic carbocycles. The molecule has 2 rings (SSSR count). The molecule has 0 aromatic carbocycles. The number of likely N-dealkylation sites (tertiary alicyclic amines) is 1. The van der Waals surface area contributed by atoms with E-state index in [9.17, 15) is 9.59 Å². The first-order valence-corrected chi connectivity index (χ1v) is 7.14. The minimum atomic E-state index is -1.02. The Kier molecular flexibility index (Phi) is 4.36. The molecule has 19 heavy (non-hydrogen) atoms. The third-order valence-corrected chi connectivity index (χ3v) is 4.01. The van der Waals surface area contributed by atoms with Crippen LogP contribution >= 0.6 is 11.3 Å². The lowest BCUT2D eigenvalue weighted by Crippen LogP contribution is -2.39. The van der Waals surface area contributed by atoms with Gasteiger partial charge in [-0.25, -0.2) is 14.6 Å². The number of rotatable bonds is 4. The first kappa shape index (κ1) is 13.8. The van der Waals surface area contributed by atoms with Crippen LogP contribution in [0.5, 0.6) is 0 Å². The molecule has 1 unspecified atom stereocenters. The molecular weight excluding hydrogens is 266 g/mol. The SMILES string of the molecule is CC1CCN(C(=O)NCCc2nc(C(=O)O)cs2)C1. The van der Waals surface area contributed by atoms with Crippen molar-refractivity contribution in [2.24, 2.45) is 5.92 Å². The molecule has 1 aromatic rings. The Morgan fingerprint density at radius 1 is 1.63 bits per heavy atom. The summed E-state index contributed by atoms with van der Waals surface area (Å²) < 4.78 is 0. The fourth-order valence-electron chi connectivity index (χ4n) is 2.03. The van der Waals surface area contributed by atoms with Crippen molar-refractivity contribution in [2.45, 2.75) is 19.8 Å². The van der Waals surface area contributed by atoms with Crippen LogP contribution in [0.15, 0.2) is 5.38 Å². The van der Waals surface area contributed by atoms with E-state index in [4.69, 9.17) is 5.11 Å². The lowest BCUT2D eigenvalue weighted by molar-refractivity contribution is 0.0691. The normalized spacial score (nSPS) is 18.6. The van der Waals surface area contributed by atoms with E-state index in [0.717, 1.165) is 24.5 Å². The summed E-state index contributed by atoms with van der Waals surface area (Å²) in [6.07, 6.45) is 1.62. The zero-order valence-corrected chi connectivity index (χ0v) is 11.6. The molecule has 1 aliphatic heterocycles. The highest BCUT2D eigenvalue weighted by Crippen LogP contribution is 2.14. The average Bonchev–Trinajstić information content (AvgIpc) is 2.98. The minimum Gasteiger partial charge on any atom is -0.476 e. The number of carbonyl (C=O) groups is 2. The van der Waals surface area contributed by atoms with Crippen molar-refractivity contribution >= 4 is 23.3 Å². The fourth-order valence-corrected chi connectivity index (χ4v) is 2.80. The summed E-state index contributed by atoms with van der Waals surface area (Å²) in [5, 5.41) is 13.8. The van der Waals surface area contributed by atoms with E-state index in [1.54, 1.807) is 0 Å². The van der Waals surface area contributed by atoms with Crippen molar-refractivity contribution in [3.05, 3.63) is 16.1 Å². The molecule has 1 aliphatic rings. The molecule has 0 spiro atoms. The van der Waals surface area contributed by atoms with Crippen molar-refractivity contribution < 1.29 is 14.7 Å². The summed E-state index contributed by atoms with van der Waals surface area (Å²) >= 11 is 1.31. The van der Waals surface area contributed by atoms with Gasteiger partial charge in [-0.15, -0.1) is 11.3 Å². The monoisotopic (exact) mass is 283 g/mol. The molecule has 7 heteroatoms. The molecule has 0 radical (unpaired) electrons. The summed E-state index contributed by atoms with van der Waals surface area (Å²) in [7, 11) is 0. The van der Waals surface area contributed by atoms with Gasteiger partial charge in [0.05, 0.1) is 5.01 Å². The third-order valence-electron chi connectivity index (χ3n) is 3.10. The number of carboxylic acids is 1. The third kappa shape index (κ3) is 3.66. The van der Waals surface area contributed by atoms with E-state index in [1.165, 1.54) is 16.7 Å². The van der Waals surface area contributed by atoms with E-state index in [0.29, 0.717) is 18.9 Å². The Balaban J connectivity index is 1.73. The Labute approximate surface area is 115 Å². The highest BCUT2D eigenvalue weighted by atomic mass is 32.1. The van der Waals surface area contributed by atoms with Crippen molar-refractivity contribution in [2.75, 3.05) is 19.6 Å². The Hall–Kier alpha value is -1.63. The second-order valence-corrected chi connectivity index (χ2v) is 5.70. The standard InChI is InChI=1S/C12H17N3O3S/c1-8-3-5-15(6-8)12(18)13-4-2-10-14-9(7-19-10)11(16)17/h7-8H,2-6H2,1H3,(H,13,18)(H,16,17). The number of nitrogens with one attached hydrogen (secondary N) is 1. The van der Waals surface area contributed by atoms with Crippen LogP contribution in [0.4, 0.5) is 4.79 Å². The van der Waals surface area contributed by atoms with Crippen LogP contribution < -0.4 is 5.32 Å². The molecule has 104 valence electrons. The van der Waals surface area contributed by atoms with Gasteiger partial charge in [-0.2, -0.15) is 0 Å². The number of nitrogens with zero attached hydrogens (tertiary/aromatic N) is 2. The topological polar surface area (TPSA) is 82.5 Å². The van der Waals surface area contributed by atoms with Gasteiger partial charge >= 0.3 is 12.0 Å². The fraction of sp³-hybridized carbons (Fsp3) is 0.583. The maximum atomic E-state index is 11.8. The summed E-state index contributed by atoms with van der Waals surface area (Å²) in [5.41, 5.74) is 0.0692. The van der Waals surface area contributed by atoms with Crippen LogP contribution in [-0.2, 0) is 6.42 Å². The molecule has 1 saturated heterocycles. The maximum Gasteiger partial charge on any atom is 0.355 e. The van der Waals surface area contributed by atoms with Gasteiger partial charge < -0.3 is 15.3 Å². The van der Waals surface area contributed by atoms with Gasteiger partial charge in [0.1, 0.15) is 0 Å². The van der Waals surface area contributed by atoms with Gasteiger partial charge in [-0.3, -0.25) is 0 Å². The molecule has 2 N–H and O–H groups in total. The molecule has 1 fully saturated rings. The lowest BCUT2D eigenvalue weighted by Gasteiger charge is -2.16. The second kappa shape index (κ2) is 6.01. The quantitative estimate of drug-likeness (QED) is 0.876. The van der Waals surface area contributed by atoms with Gasteiger partial charge in [-0.1, -0.05) is 6.92 Å². The maximum absolute atomic E-state index is 11.8. The molecule has 0 saturated carbocycles. The van der Waals surface area contributed by atoms with Crippen molar-refractivity contribution in [1.82, 2.24) is 15.2 Å². The van der Waals surface area contributed by atoms with Crippen molar-refractivity contribution in [1.29, 1.82) is 0 Å².